The molecule has 1 aromatic heterocycles. The van der Waals surface area contributed by atoms with Crippen LogP contribution in [0.4, 0.5) is 18.9 Å². The number of carboxylic acid groups (broad SMARTS) is 1. The summed E-state index contributed by atoms with van der Waals surface area (Å²) in [5.74, 6) is -1.55. The van der Waals surface area contributed by atoms with Crippen molar-refractivity contribution in [1.82, 2.24) is 19.3 Å². The number of carbonyl (C=O) groups is 3. The lowest BCUT2D eigenvalue weighted by Gasteiger charge is -2.38. The molecule has 2 saturated heterocycles. The minimum Gasteiger partial charge on any atom is -0.481 e. The lowest BCUT2D eigenvalue weighted by molar-refractivity contribution is -0.150. The fourth-order valence-electron chi connectivity index (χ4n) is 7.64. The number of aliphatic carboxylic acids is 1. The first-order valence-corrected chi connectivity index (χ1v) is 17.5. The molecule has 0 unspecified atom stereocenters. The number of carbonyl (C=O) groups excluding carboxylic acids is 2. The standard InChI is InChI=1S/C36H43ClF3N5O5/c1-42-20-29(28-4-2-3-5-32(28)42)34(47)41-31-11-6-23(16-30(31)37)17-33(46)45-19-25(44-14-12-43(13-15-44)22-36(38,39)40)18-26(45)21-50-27-9-7-24(8-10-27)35(48)49/h2-6,11,16,20,24-27H,7-10,12-15,17-19,21-22H2,1H3,(H,41,47)(H,48,49)/t24?,25-,26-,27?/m0/s1. The molecule has 3 aliphatic rings. The summed E-state index contributed by atoms with van der Waals surface area (Å²) < 4.78 is 47.0. The number of carboxylic acids is 1. The first-order valence-electron chi connectivity index (χ1n) is 17.2. The number of ether oxygens (including phenoxy) is 1. The van der Waals surface area contributed by atoms with Gasteiger partial charge in [0, 0.05) is 62.9 Å². The summed E-state index contributed by atoms with van der Waals surface area (Å²) >= 11 is 6.62. The Morgan fingerprint density at radius 2 is 1.74 bits per heavy atom. The largest absolute Gasteiger partial charge is 0.481 e. The molecule has 1 saturated carbocycles. The van der Waals surface area contributed by atoms with Gasteiger partial charge in [-0.05, 0) is 55.9 Å². The molecule has 0 radical (unpaired) electrons. The van der Waals surface area contributed by atoms with Gasteiger partial charge < -0.3 is 24.6 Å². The van der Waals surface area contributed by atoms with Crippen LogP contribution in [-0.4, -0.2) is 112 Å². The predicted octanol–water partition coefficient (Wildman–Crippen LogP) is 5.44. The van der Waals surface area contributed by atoms with E-state index in [0.29, 0.717) is 93.3 Å². The summed E-state index contributed by atoms with van der Waals surface area (Å²) in [6.45, 7) is 1.39. The highest BCUT2D eigenvalue weighted by molar-refractivity contribution is 6.34. The van der Waals surface area contributed by atoms with E-state index in [9.17, 15) is 32.7 Å². The Balaban J connectivity index is 1.10. The minimum atomic E-state index is -4.24. The van der Waals surface area contributed by atoms with Crippen molar-refractivity contribution in [1.29, 1.82) is 0 Å². The first kappa shape index (κ1) is 36.2. The van der Waals surface area contributed by atoms with E-state index in [1.165, 1.54) is 4.90 Å². The van der Waals surface area contributed by atoms with Crippen molar-refractivity contribution in [3.63, 3.8) is 0 Å². The zero-order chi connectivity index (χ0) is 35.6. The van der Waals surface area contributed by atoms with E-state index in [4.69, 9.17) is 16.3 Å². The van der Waals surface area contributed by atoms with E-state index in [1.54, 1.807) is 24.4 Å². The number of amides is 2. The van der Waals surface area contributed by atoms with Gasteiger partial charge in [-0.15, -0.1) is 0 Å². The Labute approximate surface area is 294 Å². The number of likely N-dealkylation sites (tertiary alicyclic amines) is 1. The van der Waals surface area contributed by atoms with Gasteiger partial charge >= 0.3 is 12.1 Å². The topological polar surface area (TPSA) is 107 Å². The quantitative estimate of drug-likeness (QED) is 0.288. The fraction of sp³-hybridized carbons (Fsp3) is 0.528. The van der Waals surface area contributed by atoms with Crippen LogP contribution >= 0.6 is 11.6 Å². The molecule has 3 heterocycles. The number of para-hydroxylation sites is 1. The summed E-state index contributed by atoms with van der Waals surface area (Å²) in [5.41, 5.74) is 2.56. The first-order chi connectivity index (χ1) is 23.8. The highest BCUT2D eigenvalue weighted by Crippen LogP contribution is 2.31. The number of hydrogen-bond donors (Lipinski definition) is 2. The molecule has 2 N–H and O–H groups in total. The van der Waals surface area contributed by atoms with Crippen LogP contribution in [0, 0.1) is 5.92 Å². The molecular formula is C36H43ClF3N5O5. The number of nitrogens with zero attached hydrogens (tertiary/aromatic N) is 4. The molecular weight excluding hydrogens is 675 g/mol. The molecule has 2 aromatic carbocycles. The van der Waals surface area contributed by atoms with E-state index in [0.717, 1.165) is 10.9 Å². The maximum Gasteiger partial charge on any atom is 0.401 e. The molecule has 3 fully saturated rings. The molecule has 10 nitrogen and oxygen atoms in total. The van der Waals surface area contributed by atoms with Crippen LogP contribution in [0.25, 0.3) is 10.9 Å². The molecule has 0 bridgehead atoms. The van der Waals surface area contributed by atoms with Gasteiger partial charge in [-0.1, -0.05) is 35.9 Å². The van der Waals surface area contributed by atoms with Crippen LogP contribution in [0.2, 0.25) is 5.02 Å². The third kappa shape index (κ3) is 8.62. The number of hydrogen-bond acceptors (Lipinski definition) is 6. The van der Waals surface area contributed by atoms with Crippen molar-refractivity contribution in [2.24, 2.45) is 13.0 Å². The second-order valence-corrected chi connectivity index (χ2v) is 14.2. The van der Waals surface area contributed by atoms with E-state index in [-0.39, 0.29) is 42.3 Å². The Morgan fingerprint density at radius 3 is 2.42 bits per heavy atom. The van der Waals surface area contributed by atoms with Gasteiger partial charge in [0.2, 0.25) is 5.91 Å². The molecule has 14 heteroatoms. The number of piperazine rings is 1. The van der Waals surface area contributed by atoms with Crippen molar-refractivity contribution in [3.05, 3.63) is 64.8 Å². The number of anilines is 1. The molecule has 50 heavy (non-hydrogen) atoms. The van der Waals surface area contributed by atoms with Crippen molar-refractivity contribution in [2.75, 3.05) is 51.2 Å². The van der Waals surface area contributed by atoms with Crippen LogP contribution in [0.15, 0.2) is 48.7 Å². The third-order valence-electron chi connectivity index (χ3n) is 10.4. The molecule has 3 aromatic rings. The molecule has 2 aliphatic heterocycles. The van der Waals surface area contributed by atoms with Crippen LogP contribution in [-0.2, 0) is 27.8 Å². The molecule has 2 atom stereocenters. The van der Waals surface area contributed by atoms with Crippen LogP contribution < -0.4 is 5.32 Å². The minimum absolute atomic E-state index is 0.0152. The van der Waals surface area contributed by atoms with Crippen LogP contribution in [0.5, 0.6) is 0 Å². The Bertz CT molecular complexity index is 1700. The van der Waals surface area contributed by atoms with Gasteiger partial charge in [0.05, 0.1) is 53.9 Å². The summed E-state index contributed by atoms with van der Waals surface area (Å²) in [6, 6.07) is 12.5. The number of alkyl halides is 3. The second-order valence-electron chi connectivity index (χ2n) is 13.8. The summed E-state index contributed by atoms with van der Waals surface area (Å²) in [5, 5.41) is 13.4. The van der Waals surface area contributed by atoms with Crippen LogP contribution in [0.3, 0.4) is 0 Å². The number of aryl methyl sites for hydroxylation is 1. The van der Waals surface area contributed by atoms with Crippen LogP contribution in [0.1, 0.15) is 48.0 Å². The number of aromatic nitrogens is 1. The van der Waals surface area contributed by atoms with Gasteiger partial charge in [0.1, 0.15) is 0 Å². The smallest absolute Gasteiger partial charge is 0.401 e. The lowest BCUT2D eigenvalue weighted by atomic mass is 9.87. The Morgan fingerprint density at radius 1 is 1.02 bits per heavy atom. The van der Waals surface area contributed by atoms with Gasteiger partial charge in [0.25, 0.3) is 5.91 Å². The zero-order valence-corrected chi connectivity index (χ0v) is 28.8. The van der Waals surface area contributed by atoms with Crippen molar-refractivity contribution < 1.29 is 37.4 Å². The highest BCUT2D eigenvalue weighted by Gasteiger charge is 2.40. The molecule has 270 valence electrons. The number of nitrogens with one attached hydrogen (secondary N) is 1. The number of rotatable bonds is 10. The summed E-state index contributed by atoms with van der Waals surface area (Å²) in [7, 11) is 1.88. The number of benzene rings is 2. The maximum atomic E-state index is 13.9. The van der Waals surface area contributed by atoms with Gasteiger partial charge in [0.15, 0.2) is 0 Å². The van der Waals surface area contributed by atoms with Gasteiger partial charge in [-0.2, -0.15) is 13.2 Å². The third-order valence-corrected chi connectivity index (χ3v) is 10.7. The zero-order valence-electron chi connectivity index (χ0n) is 28.0. The Hall–Kier alpha value is -3.65. The molecule has 6 rings (SSSR count). The SMILES string of the molecule is Cn1cc(C(=O)Nc2ccc(CC(=O)N3C[C@@H](N4CCN(CC(F)(F)F)CC4)C[C@H]3COC3CCC(C(=O)O)CC3)cc2Cl)c2ccccc21. The monoisotopic (exact) mass is 717 g/mol. The van der Waals surface area contributed by atoms with Crippen molar-refractivity contribution >= 4 is 46.0 Å². The average molecular weight is 718 g/mol. The molecule has 0 spiro atoms. The van der Waals surface area contributed by atoms with E-state index >= 15 is 0 Å². The number of halogens is 4. The van der Waals surface area contributed by atoms with Gasteiger partial charge in [-0.3, -0.25) is 24.2 Å². The van der Waals surface area contributed by atoms with E-state index in [1.807, 2.05) is 40.8 Å². The summed E-state index contributed by atoms with van der Waals surface area (Å²) in [6.07, 6.45) is 0.548. The molecule has 1 aliphatic carbocycles. The lowest BCUT2D eigenvalue weighted by Crippen LogP contribution is -2.52. The fourth-order valence-corrected chi connectivity index (χ4v) is 7.89. The average Bonchev–Trinajstić information content (AvgIpc) is 3.66. The van der Waals surface area contributed by atoms with E-state index in [2.05, 4.69) is 10.2 Å². The Kier molecular flexibility index (Phi) is 11.1. The number of fused-ring (bicyclic) bond motifs is 1. The van der Waals surface area contributed by atoms with Gasteiger partial charge in [-0.25, -0.2) is 0 Å². The predicted molar refractivity (Wildman–Crippen MR) is 183 cm³/mol. The van der Waals surface area contributed by atoms with Crippen molar-refractivity contribution in [3.8, 4) is 0 Å². The summed E-state index contributed by atoms with van der Waals surface area (Å²) in [4.78, 5) is 43.8. The normalized spacial score (nSPS) is 23.7. The second kappa shape index (κ2) is 15.3. The van der Waals surface area contributed by atoms with E-state index < -0.39 is 18.7 Å². The highest BCUT2D eigenvalue weighted by atomic mass is 35.5. The van der Waals surface area contributed by atoms with Crippen molar-refractivity contribution in [2.45, 2.75) is 62.9 Å². The maximum absolute atomic E-state index is 13.9. The molecule has 2 amide bonds.